The van der Waals surface area contributed by atoms with Crippen molar-refractivity contribution in [2.45, 2.75) is 6.04 Å². The fraction of sp³-hybridized carbons (Fsp3) is 0.333. The maximum absolute atomic E-state index is 6.19. The third-order valence-electron chi connectivity index (χ3n) is 2.88. The Kier molecular flexibility index (Phi) is 3.92. The van der Waals surface area contributed by atoms with E-state index in [9.17, 15) is 0 Å². The van der Waals surface area contributed by atoms with Crippen LogP contribution in [0.25, 0.3) is 0 Å². The summed E-state index contributed by atoms with van der Waals surface area (Å²) in [6, 6.07) is 3.15. The Bertz CT molecular complexity index is 585. The van der Waals surface area contributed by atoms with Crippen molar-refractivity contribution >= 4 is 11.6 Å². The Morgan fingerprint density at radius 1 is 1.32 bits per heavy atom. The van der Waals surface area contributed by atoms with Gasteiger partial charge >= 0.3 is 0 Å². The average molecular weight is 283 g/mol. The van der Waals surface area contributed by atoms with Crippen LogP contribution in [-0.4, -0.2) is 29.2 Å². The molecule has 0 amide bonds. The molecule has 19 heavy (non-hydrogen) atoms. The first-order chi connectivity index (χ1) is 9.08. The van der Waals surface area contributed by atoms with E-state index in [1.54, 1.807) is 37.2 Å². The van der Waals surface area contributed by atoms with E-state index in [-0.39, 0.29) is 0 Å². The zero-order valence-electron chi connectivity index (χ0n) is 10.9. The lowest BCUT2D eigenvalue weighted by atomic mass is 10.0. The van der Waals surface area contributed by atoms with E-state index in [4.69, 9.17) is 26.8 Å². The number of methoxy groups -OCH3 is 2. The normalized spacial score (nSPS) is 12.3. The molecule has 7 heteroatoms. The number of ether oxygens (including phenoxy) is 2. The number of benzene rings is 1. The topological polar surface area (TPSA) is 75.2 Å². The van der Waals surface area contributed by atoms with Crippen LogP contribution in [0.3, 0.4) is 0 Å². The van der Waals surface area contributed by atoms with E-state index >= 15 is 0 Å². The molecule has 6 nitrogen and oxygen atoms in total. The number of hydrogen-bond donors (Lipinski definition) is 1. The fourth-order valence-corrected chi connectivity index (χ4v) is 2.16. The van der Waals surface area contributed by atoms with Crippen molar-refractivity contribution in [3.05, 3.63) is 34.6 Å². The first kappa shape index (κ1) is 13.6. The first-order valence-electron chi connectivity index (χ1n) is 5.60. The van der Waals surface area contributed by atoms with Gasteiger partial charge in [0.25, 0.3) is 0 Å². The van der Waals surface area contributed by atoms with Crippen molar-refractivity contribution < 1.29 is 9.47 Å². The van der Waals surface area contributed by atoms with Crippen molar-refractivity contribution in [2.24, 2.45) is 12.8 Å². The van der Waals surface area contributed by atoms with Crippen molar-refractivity contribution in [1.29, 1.82) is 0 Å². The Balaban J connectivity index is 2.46. The van der Waals surface area contributed by atoms with Gasteiger partial charge in [0.15, 0.2) is 11.5 Å². The van der Waals surface area contributed by atoms with Gasteiger partial charge in [0, 0.05) is 7.05 Å². The van der Waals surface area contributed by atoms with Crippen LogP contribution in [0.2, 0.25) is 5.02 Å². The third kappa shape index (κ3) is 2.50. The molecule has 1 aromatic heterocycles. The predicted molar refractivity (Wildman–Crippen MR) is 71.6 cm³/mol. The van der Waals surface area contributed by atoms with Gasteiger partial charge in [0.1, 0.15) is 0 Å². The Hall–Kier alpha value is -1.79. The molecule has 1 atom stereocenters. The second kappa shape index (κ2) is 5.46. The summed E-state index contributed by atoms with van der Waals surface area (Å²) >= 11 is 6.16. The zero-order valence-corrected chi connectivity index (χ0v) is 11.7. The summed E-state index contributed by atoms with van der Waals surface area (Å²) in [7, 11) is 4.87. The van der Waals surface area contributed by atoms with E-state index in [1.165, 1.54) is 7.11 Å². The summed E-state index contributed by atoms with van der Waals surface area (Å²) in [4.78, 5) is 0. The van der Waals surface area contributed by atoms with Crippen LogP contribution in [-0.2, 0) is 7.05 Å². The minimum atomic E-state index is -0.391. The van der Waals surface area contributed by atoms with Gasteiger partial charge in [-0.1, -0.05) is 16.8 Å². The largest absolute Gasteiger partial charge is 0.493 e. The van der Waals surface area contributed by atoms with E-state index in [0.717, 1.165) is 11.3 Å². The fourth-order valence-electron chi connectivity index (χ4n) is 1.87. The van der Waals surface area contributed by atoms with Gasteiger partial charge in [-0.2, -0.15) is 0 Å². The molecule has 1 heterocycles. The highest BCUT2D eigenvalue weighted by molar-refractivity contribution is 6.32. The smallest absolute Gasteiger partial charge is 0.179 e. The van der Waals surface area contributed by atoms with Gasteiger partial charge < -0.3 is 15.2 Å². The molecule has 1 unspecified atom stereocenters. The summed E-state index contributed by atoms with van der Waals surface area (Å²) < 4.78 is 12.1. The minimum absolute atomic E-state index is 0.391. The Morgan fingerprint density at radius 2 is 2.05 bits per heavy atom. The van der Waals surface area contributed by atoms with Crippen LogP contribution in [0, 0.1) is 0 Å². The first-order valence-corrected chi connectivity index (χ1v) is 5.97. The molecule has 0 bridgehead atoms. The van der Waals surface area contributed by atoms with Crippen LogP contribution >= 0.6 is 11.6 Å². The molecule has 1 aromatic carbocycles. The summed E-state index contributed by atoms with van der Waals surface area (Å²) in [5.74, 6) is 1.03. The maximum atomic E-state index is 6.19. The molecular formula is C12H15ClN4O2. The van der Waals surface area contributed by atoms with Crippen LogP contribution in [0.5, 0.6) is 11.5 Å². The molecule has 0 saturated heterocycles. The number of aromatic nitrogens is 3. The molecule has 2 N–H and O–H groups in total. The van der Waals surface area contributed by atoms with Crippen molar-refractivity contribution in [3.8, 4) is 11.5 Å². The van der Waals surface area contributed by atoms with Crippen molar-refractivity contribution in [3.63, 3.8) is 0 Å². The van der Waals surface area contributed by atoms with E-state index in [2.05, 4.69) is 10.3 Å². The van der Waals surface area contributed by atoms with Crippen LogP contribution < -0.4 is 15.2 Å². The molecule has 0 aliphatic rings. The monoisotopic (exact) mass is 282 g/mol. The van der Waals surface area contributed by atoms with Crippen molar-refractivity contribution in [1.82, 2.24) is 15.0 Å². The molecule has 2 aromatic rings. The Labute approximate surface area is 116 Å². The second-order valence-electron chi connectivity index (χ2n) is 4.00. The number of rotatable bonds is 4. The van der Waals surface area contributed by atoms with Crippen LogP contribution in [0.4, 0.5) is 0 Å². The summed E-state index contributed by atoms with van der Waals surface area (Å²) in [6.45, 7) is 0. The SMILES string of the molecule is COc1cc(C(N)c2cnnn2C)cc(Cl)c1OC. The molecule has 0 radical (unpaired) electrons. The number of halogens is 1. The third-order valence-corrected chi connectivity index (χ3v) is 3.16. The number of hydrogen-bond acceptors (Lipinski definition) is 5. The van der Waals surface area contributed by atoms with Gasteiger partial charge in [-0.05, 0) is 17.7 Å². The predicted octanol–water partition coefficient (Wildman–Crippen LogP) is 1.53. The maximum Gasteiger partial charge on any atom is 0.179 e. The number of nitrogens with two attached hydrogens (primary N) is 1. The molecule has 0 aliphatic heterocycles. The number of nitrogens with zero attached hydrogens (tertiary/aromatic N) is 3. The summed E-state index contributed by atoms with van der Waals surface area (Å²) in [5, 5.41) is 8.12. The second-order valence-corrected chi connectivity index (χ2v) is 4.41. The van der Waals surface area contributed by atoms with Gasteiger partial charge in [-0.3, -0.25) is 4.68 Å². The number of aryl methyl sites for hydroxylation is 1. The molecule has 102 valence electrons. The van der Waals surface area contributed by atoms with Crippen LogP contribution in [0.1, 0.15) is 17.3 Å². The van der Waals surface area contributed by atoms with Gasteiger partial charge in [0.2, 0.25) is 0 Å². The zero-order chi connectivity index (χ0) is 14.0. The molecule has 0 saturated carbocycles. The lowest BCUT2D eigenvalue weighted by molar-refractivity contribution is 0.354. The highest BCUT2D eigenvalue weighted by Gasteiger charge is 2.18. The van der Waals surface area contributed by atoms with Gasteiger partial charge in [-0.25, -0.2) is 0 Å². The Morgan fingerprint density at radius 3 is 2.58 bits per heavy atom. The van der Waals surface area contributed by atoms with E-state index in [0.29, 0.717) is 16.5 Å². The summed E-state index contributed by atoms with van der Waals surface area (Å²) in [5.41, 5.74) is 7.77. The minimum Gasteiger partial charge on any atom is -0.493 e. The summed E-state index contributed by atoms with van der Waals surface area (Å²) in [6.07, 6.45) is 1.62. The average Bonchev–Trinajstić information content (AvgIpc) is 2.83. The lowest BCUT2D eigenvalue weighted by Crippen LogP contribution is -2.16. The quantitative estimate of drug-likeness (QED) is 0.920. The van der Waals surface area contributed by atoms with Crippen LogP contribution in [0.15, 0.2) is 18.3 Å². The lowest BCUT2D eigenvalue weighted by Gasteiger charge is -2.16. The molecule has 0 aliphatic carbocycles. The molecular weight excluding hydrogens is 268 g/mol. The molecule has 2 rings (SSSR count). The van der Waals surface area contributed by atoms with E-state index in [1.807, 2.05) is 0 Å². The van der Waals surface area contributed by atoms with Gasteiger partial charge in [-0.15, -0.1) is 5.10 Å². The van der Waals surface area contributed by atoms with Crippen molar-refractivity contribution in [2.75, 3.05) is 14.2 Å². The highest BCUT2D eigenvalue weighted by Crippen LogP contribution is 2.38. The standard InChI is InChI=1S/C12H15ClN4O2/c1-17-9(6-15-16-17)11(14)7-4-8(13)12(19-3)10(5-7)18-2/h4-6,11H,14H2,1-3H3. The molecule has 0 spiro atoms. The van der Waals surface area contributed by atoms with Gasteiger partial charge in [0.05, 0.1) is 37.2 Å². The highest BCUT2D eigenvalue weighted by atomic mass is 35.5. The van der Waals surface area contributed by atoms with E-state index < -0.39 is 6.04 Å². The molecule has 0 fully saturated rings.